The summed E-state index contributed by atoms with van der Waals surface area (Å²) in [7, 11) is 5.25. The van der Waals surface area contributed by atoms with Crippen molar-refractivity contribution in [2.24, 2.45) is 0 Å². The van der Waals surface area contributed by atoms with E-state index in [1.807, 2.05) is 0 Å². The SMILES string of the molecule is C=C.C=C[Si](OC)(OC)OC.CO[SiH](OC)OC. The Morgan fingerprint density at radius 2 is 1.06 bits per heavy atom. The largest absolute Gasteiger partial charge is 0.528 e. The molecule has 0 fully saturated rings. The van der Waals surface area contributed by atoms with Crippen molar-refractivity contribution in [3.63, 3.8) is 0 Å². The van der Waals surface area contributed by atoms with Crippen LogP contribution in [-0.4, -0.2) is 61.0 Å². The van der Waals surface area contributed by atoms with E-state index in [4.69, 9.17) is 26.6 Å². The van der Waals surface area contributed by atoms with Gasteiger partial charge in [0.25, 0.3) is 0 Å². The van der Waals surface area contributed by atoms with E-state index in [-0.39, 0.29) is 0 Å². The molecule has 0 saturated carbocycles. The predicted octanol–water partition coefficient (Wildman–Crippen LogP) is 1.03. The summed E-state index contributed by atoms with van der Waals surface area (Å²) in [5.74, 6) is 0. The summed E-state index contributed by atoms with van der Waals surface area (Å²) < 4.78 is 29.1. The van der Waals surface area contributed by atoms with Gasteiger partial charge < -0.3 is 26.6 Å². The zero-order valence-electron chi connectivity index (χ0n) is 12.2. The van der Waals surface area contributed by atoms with Crippen molar-refractivity contribution in [2.45, 2.75) is 0 Å². The molecule has 0 rings (SSSR count). The van der Waals surface area contributed by atoms with E-state index in [9.17, 15) is 0 Å². The van der Waals surface area contributed by atoms with E-state index < -0.39 is 18.3 Å². The van der Waals surface area contributed by atoms with Crippen molar-refractivity contribution in [3.8, 4) is 0 Å². The minimum absolute atomic E-state index is 1.54. The molecule has 0 aromatic heterocycles. The van der Waals surface area contributed by atoms with E-state index in [0.29, 0.717) is 0 Å². The fourth-order valence-corrected chi connectivity index (χ4v) is 2.37. The van der Waals surface area contributed by atoms with Crippen molar-refractivity contribution in [1.29, 1.82) is 0 Å². The van der Waals surface area contributed by atoms with E-state index in [0.717, 1.165) is 0 Å². The molecular formula is C10H26O6Si2. The Bertz CT molecular complexity index is 160. The first kappa shape index (κ1) is 22.8. The van der Waals surface area contributed by atoms with Gasteiger partial charge in [-0.15, -0.1) is 13.2 Å². The van der Waals surface area contributed by atoms with Crippen LogP contribution in [0.25, 0.3) is 0 Å². The molecule has 18 heavy (non-hydrogen) atoms. The lowest BCUT2D eigenvalue weighted by Gasteiger charge is -2.19. The maximum Gasteiger partial charge on any atom is 0.528 e. The quantitative estimate of drug-likeness (QED) is 0.517. The van der Waals surface area contributed by atoms with Crippen molar-refractivity contribution in [2.75, 3.05) is 42.7 Å². The van der Waals surface area contributed by atoms with Crippen molar-refractivity contribution in [3.05, 3.63) is 25.4 Å². The van der Waals surface area contributed by atoms with E-state index in [1.54, 1.807) is 48.4 Å². The highest BCUT2D eigenvalue weighted by Gasteiger charge is 2.33. The molecule has 8 heteroatoms. The zero-order valence-corrected chi connectivity index (χ0v) is 14.4. The normalized spacial score (nSPS) is 9.94. The van der Waals surface area contributed by atoms with Crippen LogP contribution in [0.4, 0.5) is 0 Å². The third kappa shape index (κ3) is 10.8. The van der Waals surface area contributed by atoms with Gasteiger partial charge in [-0.25, -0.2) is 0 Å². The molecule has 0 bridgehead atoms. The maximum absolute atomic E-state index is 4.96. The van der Waals surface area contributed by atoms with Gasteiger partial charge in [0.2, 0.25) is 0 Å². The average molecular weight is 298 g/mol. The van der Waals surface area contributed by atoms with Gasteiger partial charge in [-0.1, -0.05) is 6.58 Å². The molecule has 0 aromatic rings. The third-order valence-corrected chi connectivity index (χ3v) is 5.04. The summed E-state index contributed by atoms with van der Waals surface area (Å²) in [4.78, 5) is 0. The molecule has 0 aromatic carbocycles. The van der Waals surface area contributed by atoms with Crippen LogP contribution in [0, 0.1) is 0 Å². The summed E-state index contributed by atoms with van der Waals surface area (Å²) in [6.45, 7) is 9.53. The van der Waals surface area contributed by atoms with Crippen LogP contribution in [0.15, 0.2) is 25.4 Å². The summed E-state index contributed by atoms with van der Waals surface area (Å²) in [6.07, 6.45) is 0. The number of hydrogen-bond donors (Lipinski definition) is 0. The molecule has 0 saturated heterocycles. The Hall–Kier alpha value is -0.326. The van der Waals surface area contributed by atoms with E-state index in [1.165, 1.54) is 0 Å². The minimum Gasteiger partial charge on any atom is -0.379 e. The van der Waals surface area contributed by atoms with Gasteiger partial charge >= 0.3 is 18.3 Å². The van der Waals surface area contributed by atoms with E-state index in [2.05, 4.69) is 19.7 Å². The molecule has 0 aliphatic carbocycles. The standard InChI is InChI=1S/C5H12O3Si.C3H10O3Si.C2H4/c1-5-9(6-2,7-3)8-4;1-4-7(5-2)6-3;1-2/h5H,1H2,2-4H3;7H,1-3H3;1-2H2. The molecule has 0 radical (unpaired) electrons. The van der Waals surface area contributed by atoms with Crippen LogP contribution >= 0.6 is 0 Å². The summed E-state index contributed by atoms with van der Waals surface area (Å²) >= 11 is 0. The highest BCUT2D eigenvalue weighted by molar-refractivity contribution is 6.66. The minimum atomic E-state index is -2.43. The summed E-state index contributed by atoms with van der Waals surface area (Å²) in [6, 6.07) is 0. The molecule has 0 N–H and O–H groups in total. The van der Waals surface area contributed by atoms with Gasteiger partial charge in [-0.3, -0.25) is 0 Å². The molecule has 0 heterocycles. The van der Waals surface area contributed by atoms with Gasteiger partial charge in [0.05, 0.1) is 0 Å². The molecule has 0 atom stereocenters. The van der Waals surface area contributed by atoms with Crippen LogP contribution in [-0.2, 0) is 26.6 Å². The predicted molar refractivity (Wildman–Crippen MR) is 76.4 cm³/mol. The van der Waals surface area contributed by atoms with Crippen molar-refractivity contribution < 1.29 is 26.6 Å². The zero-order chi connectivity index (χ0) is 15.0. The molecule has 0 aliphatic rings. The van der Waals surface area contributed by atoms with Crippen LogP contribution in [0.1, 0.15) is 0 Å². The Labute approximate surface area is 113 Å². The average Bonchev–Trinajstić information content (AvgIpc) is 2.47. The van der Waals surface area contributed by atoms with Crippen molar-refractivity contribution >= 4 is 18.3 Å². The van der Waals surface area contributed by atoms with E-state index >= 15 is 0 Å². The fraction of sp³-hybridized carbons (Fsp3) is 0.600. The Morgan fingerprint density at radius 1 is 0.778 bits per heavy atom. The molecule has 0 spiro atoms. The first-order chi connectivity index (χ1) is 8.59. The maximum atomic E-state index is 4.96. The molecule has 6 nitrogen and oxygen atoms in total. The first-order valence-corrected chi connectivity index (χ1v) is 8.18. The van der Waals surface area contributed by atoms with Crippen LogP contribution < -0.4 is 0 Å². The van der Waals surface area contributed by atoms with Crippen LogP contribution in [0.5, 0.6) is 0 Å². The molecule has 0 aliphatic heterocycles. The van der Waals surface area contributed by atoms with Gasteiger partial charge in [0.15, 0.2) is 0 Å². The fourth-order valence-electron chi connectivity index (χ4n) is 0.789. The third-order valence-electron chi connectivity index (χ3n) is 1.68. The Morgan fingerprint density at radius 3 is 1.06 bits per heavy atom. The number of hydrogen-bond acceptors (Lipinski definition) is 6. The Balaban J connectivity index is -0.000000225. The topological polar surface area (TPSA) is 55.4 Å². The lowest BCUT2D eigenvalue weighted by atomic mass is 11.3. The highest BCUT2D eigenvalue weighted by atomic mass is 28.4. The first-order valence-electron chi connectivity index (χ1n) is 4.97. The van der Waals surface area contributed by atoms with Gasteiger partial charge in [-0.05, 0) is 5.70 Å². The summed E-state index contributed by atoms with van der Waals surface area (Å²) in [5, 5.41) is 0. The lowest BCUT2D eigenvalue weighted by molar-refractivity contribution is 0.138. The van der Waals surface area contributed by atoms with Crippen LogP contribution in [0.2, 0.25) is 0 Å². The Kier molecular flexibility index (Phi) is 21.1. The van der Waals surface area contributed by atoms with Gasteiger partial charge in [0.1, 0.15) is 0 Å². The van der Waals surface area contributed by atoms with Gasteiger partial charge in [0, 0.05) is 42.7 Å². The smallest absolute Gasteiger partial charge is 0.379 e. The molecule has 0 unspecified atom stereocenters. The molecule has 0 amide bonds. The monoisotopic (exact) mass is 298 g/mol. The second-order valence-corrected chi connectivity index (χ2v) is 7.25. The second kappa shape index (κ2) is 16.7. The van der Waals surface area contributed by atoms with Gasteiger partial charge in [-0.2, -0.15) is 0 Å². The molecular weight excluding hydrogens is 272 g/mol. The number of rotatable bonds is 7. The highest BCUT2D eigenvalue weighted by Crippen LogP contribution is 2.04. The lowest BCUT2D eigenvalue weighted by Crippen LogP contribution is -2.40. The second-order valence-electron chi connectivity index (χ2n) is 2.42. The van der Waals surface area contributed by atoms with Crippen molar-refractivity contribution in [1.82, 2.24) is 0 Å². The molecule has 110 valence electrons. The van der Waals surface area contributed by atoms with Crippen LogP contribution in [0.3, 0.4) is 0 Å². The summed E-state index contributed by atoms with van der Waals surface area (Å²) in [5.41, 5.74) is 1.58.